The van der Waals surface area contributed by atoms with Crippen molar-refractivity contribution in [2.45, 2.75) is 18.0 Å². The zero-order valence-electron chi connectivity index (χ0n) is 21.3. The summed E-state index contributed by atoms with van der Waals surface area (Å²) in [5, 5.41) is 23.6. The minimum absolute atomic E-state index is 0.198. The van der Waals surface area contributed by atoms with Crippen LogP contribution in [0.4, 0.5) is 17.5 Å². The summed E-state index contributed by atoms with van der Waals surface area (Å²) in [6.07, 6.45) is 2.30. The van der Waals surface area contributed by atoms with Crippen LogP contribution in [0.5, 0.6) is 5.75 Å². The maximum atomic E-state index is 11.7. The topological polar surface area (TPSA) is 186 Å². The third kappa shape index (κ3) is 6.59. The van der Waals surface area contributed by atoms with Crippen LogP contribution in [0.15, 0.2) is 54.9 Å². The molecule has 4 aromatic rings. The number of nitrogens with zero attached hydrogens (tertiary/aromatic N) is 5. The number of rotatable bonds is 12. The first-order valence-electron chi connectivity index (χ1n) is 11.9. The largest absolute Gasteiger partial charge is 0.508 e. The van der Waals surface area contributed by atoms with Crippen LogP contribution in [0.2, 0.25) is 0 Å². The zero-order chi connectivity index (χ0) is 28.2. The first-order chi connectivity index (χ1) is 18.5. The molecule has 1 atom stereocenters. The number of aliphatic hydroxyl groups is 1. The van der Waals surface area contributed by atoms with Crippen molar-refractivity contribution in [1.29, 1.82) is 0 Å². The van der Waals surface area contributed by atoms with Gasteiger partial charge in [0.1, 0.15) is 5.75 Å². The average Bonchev–Trinajstić information content (AvgIpc) is 3.30. The van der Waals surface area contributed by atoms with E-state index in [1.54, 1.807) is 24.5 Å². The summed E-state index contributed by atoms with van der Waals surface area (Å²) in [7, 11) is -2.33. The Morgan fingerprint density at radius 2 is 1.87 bits per heavy atom. The van der Waals surface area contributed by atoms with Crippen molar-refractivity contribution in [3.8, 4) is 5.75 Å². The van der Waals surface area contributed by atoms with Crippen molar-refractivity contribution < 1.29 is 29.1 Å². The number of anilines is 3. The number of aryl methyl sites for hydroxylation is 2. The maximum Gasteiger partial charge on any atom is 0.373 e. The van der Waals surface area contributed by atoms with E-state index in [0.717, 1.165) is 12.1 Å². The van der Waals surface area contributed by atoms with Crippen molar-refractivity contribution in [1.82, 2.24) is 24.4 Å². The first-order valence-corrected chi connectivity index (χ1v) is 14.3. The van der Waals surface area contributed by atoms with Crippen LogP contribution in [-0.2, 0) is 27.2 Å². The van der Waals surface area contributed by atoms with Gasteiger partial charge in [-0.15, -0.1) is 0 Å². The summed E-state index contributed by atoms with van der Waals surface area (Å²) in [5.41, 5.74) is 2.33. The third-order valence-electron chi connectivity index (χ3n) is 5.93. The Bertz CT molecular complexity index is 1510. The molecule has 0 aliphatic carbocycles. The predicted molar refractivity (Wildman–Crippen MR) is 147 cm³/mol. The number of benzene rings is 2. The molecule has 0 bridgehead atoms. The van der Waals surface area contributed by atoms with Gasteiger partial charge >= 0.3 is 7.60 Å². The molecule has 2 aromatic carbocycles. The van der Waals surface area contributed by atoms with Gasteiger partial charge in [-0.25, -0.2) is 4.98 Å². The normalized spacial score (nSPS) is 13.6. The predicted octanol–water partition coefficient (Wildman–Crippen LogP) is 3.06. The summed E-state index contributed by atoms with van der Waals surface area (Å²) in [6.45, 7) is 1.90. The van der Waals surface area contributed by atoms with E-state index in [9.17, 15) is 29.1 Å². The van der Waals surface area contributed by atoms with Gasteiger partial charge in [0.05, 0.1) is 6.33 Å². The molecule has 206 valence electrons. The van der Waals surface area contributed by atoms with Gasteiger partial charge in [0.15, 0.2) is 17.0 Å². The molecule has 4 rings (SSSR count). The van der Waals surface area contributed by atoms with Crippen molar-refractivity contribution in [3.63, 3.8) is 0 Å². The van der Waals surface area contributed by atoms with E-state index in [2.05, 4.69) is 25.6 Å². The van der Waals surface area contributed by atoms with E-state index in [-0.39, 0.29) is 11.3 Å². The van der Waals surface area contributed by atoms with Gasteiger partial charge in [-0.05, 0) is 50.3 Å². The molecule has 0 radical (unpaired) electrons. The second-order valence-corrected chi connectivity index (χ2v) is 12.0. The van der Waals surface area contributed by atoms with Gasteiger partial charge in [0.2, 0.25) is 14.4 Å². The highest BCUT2D eigenvalue weighted by atomic mass is 31.2. The Labute approximate surface area is 225 Å². The Morgan fingerprint density at radius 1 is 1.13 bits per heavy atom. The SMILES string of the molecule is CN(C)CCNc1nc(Nc2ccc(C(O)(P=O)P(=O)(O)O)cc2)c2ncn(CCc3cccc(O)c3)c2n1. The van der Waals surface area contributed by atoms with Crippen molar-refractivity contribution in [2.75, 3.05) is 37.8 Å². The van der Waals surface area contributed by atoms with E-state index in [1.807, 2.05) is 29.6 Å². The fourth-order valence-corrected chi connectivity index (χ4v) is 4.98. The van der Waals surface area contributed by atoms with E-state index in [0.29, 0.717) is 48.1 Å². The van der Waals surface area contributed by atoms with Gasteiger partial charge in [-0.1, -0.05) is 24.3 Å². The number of hydrogen-bond donors (Lipinski definition) is 6. The monoisotopic (exact) mass is 573 g/mol. The summed E-state index contributed by atoms with van der Waals surface area (Å²) < 4.78 is 25.0. The number of nitrogens with one attached hydrogen (secondary N) is 2. The lowest BCUT2D eigenvalue weighted by molar-refractivity contribution is 0.168. The molecule has 15 heteroatoms. The number of fused-ring (bicyclic) bond motifs is 1. The van der Waals surface area contributed by atoms with Gasteiger partial charge < -0.3 is 40.1 Å². The molecule has 39 heavy (non-hydrogen) atoms. The van der Waals surface area contributed by atoms with Crippen LogP contribution < -0.4 is 10.6 Å². The standard InChI is InChI=1S/C24H29N7O6P2/c1-30(2)13-11-25-23-28-21(27-18-8-6-17(7-9-18)24(33,38-34)39(35,36)37)20-22(29-23)31(15-26-20)12-10-16-4-3-5-19(32)14-16/h3-9,14-15,32-33H,10-13H2,1-2H3,(H2,35,36,37)(H2,25,27,28,29). The summed E-state index contributed by atoms with van der Waals surface area (Å²) in [6, 6.07) is 12.5. The lowest BCUT2D eigenvalue weighted by Crippen LogP contribution is -2.21. The van der Waals surface area contributed by atoms with E-state index in [4.69, 9.17) is 0 Å². The van der Waals surface area contributed by atoms with Gasteiger partial charge in [0, 0.05) is 30.9 Å². The molecular weight excluding hydrogens is 544 g/mol. The lowest BCUT2D eigenvalue weighted by Gasteiger charge is -2.22. The van der Waals surface area contributed by atoms with Crippen LogP contribution in [0.1, 0.15) is 11.1 Å². The number of phenolic OH excluding ortho intramolecular Hbond substituents is 1. The fourth-order valence-electron chi connectivity index (χ4n) is 3.81. The van der Waals surface area contributed by atoms with Crippen LogP contribution in [0.3, 0.4) is 0 Å². The highest BCUT2D eigenvalue weighted by molar-refractivity contribution is 7.62. The summed E-state index contributed by atoms with van der Waals surface area (Å²) in [4.78, 5) is 34.7. The molecule has 0 fully saturated rings. The van der Waals surface area contributed by atoms with Crippen molar-refractivity contribution in [2.24, 2.45) is 0 Å². The molecule has 0 amide bonds. The minimum Gasteiger partial charge on any atom is -0.508 e. The average molecular weight is 573 g/mol. The van der Waals surface area contributed by atoms with Crippen LogP contribution in [0, 0.1) is 0 Å². The number of aromatic hydroxyl groups is 1. The molecule has 0 saturated carbocycles. The Hall–Kier alpha value is -3.44. The highest BCUT2D eigenvalue weighted by Crippen LogP contribution is 2.61. The van der Waals surface area contributed by atoms with E-state index >= 15 is 0 Å². The van der Waals surface area contributed by atoms with E-state index in [1.165, 1.54) is 24.3 Å². The summed E-state index contributed by atoms with van der Waals surface area (Å²) >= 11 is 0. The molecule has 1 unspecified atom stereocenters. The zero-order valence-corrected chi connectivity index (χ0v) is 23.0. The molecule has 0 saturated heterocycles. The smallest absolute Gasteiger partial charge is 0.373 e. The molecule has 0 aliphatic heterocycles. The molecule has 6 N–H and O–H groups in total. The molecule has 0 aliphatic rings. The lowest BCUT2D eigenvalue weighted by atomic mass is 10.1. The highest BCUT2D eigenvalue weighted by Gasteiger charge is 2.48. The fraction of sp³-hybridized carbons (Fsp3) is 0.292. The third-order valence-corrected chi connectivity index (χ3v) is 8.54. The summed E-state index contributed by atoms with van der Waals surface area (Å²) in [5.74, 6) is 0.969. The van der Waals surface area contributed by atoms with Crippen LogP contribution in [0.25, 0.3) is 11.2 Å². The molecule has 2 heterocycles. The number of imidazole rings is 1. The Morgan fingerprint density at radius 3 is 2.51 bits per heavy atom. The second-order valence-electron chi connectivity index (χ2n) is 9.13. The second kappa shape index (κ2) is 11.7. The number of aromatic nitrogens is 4. The molecule has 2 aromatic heterocycles. The van der Waals surface area contributed by atoms with Crippen LogP contribution >= 0.6 is 16.1 Å². The van der Waals surface area contributed by atoms with E-state index < -0.39 is 21.1 Å². The molecule has 0 spiro atoms. The Kier molecular flexibility index (Phi) is 8.60. The molecule has 13 nitrogen and oxygen atoms in total. The maximum absolute atomic E-state index is 11.7. The van der Waals surface area contributed by atoms with Gasteiger partial charge in [-0.3, -0.25) is 9.13 Å². The number of hydrogen-bond acceptors (Lipinski definition) is 10. The number of likely N-dealkylation sites (N-methyl/N-ethyl adjacent to an activating group) is 1. The van der Waals surface area contributed by atoms with Crippen LogP contribution in [-0.4, -0.2) is 71.6 Å². The Balaban J connectivity index is 1.64. The van der Waals surface area contributed by atoms with Crippen molar-refractivity contribution in [3.05, 3.63) is 66.0 Å². The quantitative estimate of drug-likeness (QED) is 0.136. The first kappa shape index (κ1) is 28.6. The minimum atomic E-state index is -5.13. The number of phenols is 1. The van der Waals surface area contributed by atoms with Gasteiger partial charge in [0.25, 0.3) is 5.08 Å². The van der Waals surface area contributed by atoms with Gasteiger partial charge in [-0.2, -0.15) is 9.97 Å². The van der Waals surface area contributed by atoms with Crippen molar-refractivity contribution >= 4 is 44.7 Å². The molecular formula is C24H29N7O6P2.